The van der Waals surface area contributed by atoms with Crippen LogP contribution in [0, 0.1) is 0 Å². The summed E-state index contributed by atoms with van der Waals surface area (Å²) in [7, 11) is 1.60. The molecule has 0 aromatic carbocycles. The van der Waals surface area contributed by atoms with Gasteiger partial charge in [0.15, 0.2) is 11.5 Å². The molecule has 0 atom stereocenters. The van der Waals surface area contributed by atoms with Gasteiger partial charge in [0.05, 0.1) is 11.9 Å². The topological polar surface area (TPSA) is 61.7 Å². The monoisotopic (exact) mass is 231 g/mol. The molecule has 0 saturated heterocycles. The van der Waals surface area contributed by atoms with Crippen LogP contribution in [0.4, 0.5) is 18.9 Å². The molecule has 0 aliphatic rings. The zero-order chi connectivity index (χ0) is 11.9. The predicted octanol–water partition coefficient (Wildman–Crippen LogP) is 1.21. The van der Waals surface area contributed by atoms with E-state index < -0.39 is 17.6 Å². The van der Waals surface area contributed by atoms with Gasteiger partial charge in [-0.3, -0.25) is 4.68 Å². The van der Waals surface area contributed by atoms with Crippen LogP contribution in [0.15, 0.2) is 18.5 Å². The molecule has 0 spiro atoms. The van der Waals surface area contributed by atoms with Crippen molar-refractivity contribution in [2.24, 2.45) is 7.05 Å². The molecule has 0 saturated carbocycles. The van der Waals surface area contributed by atoms with Crippen molar-refractivity contribution in [3.8, 4) is 5.82 Å². The van der Waals surface area contributed by atoms with Crippen molar-refractivity contribution in [2.45, 2.75) is 6.18 Å². The number of nitrogens with two attached hydrogens (primary N) is 1. The van der Waals surface area contributed by atoms with Crippen molar-refractivity contribution in [1.29, 1.82) is 0 Å². The molecule has 8 heteroatoms. The number of halogens is 3. The Morgan fingerprint density at radius 3 is 2.56 bits per heavy atom. The van der Waals surface area contributed by atoms with Crippen LogP contribution in [0.25, 0.3) is 5.82 Å². The zero-order valence-electron chi connectivity index (χ0n) is 8.23. The highest BCUT2D eigenvalue weighted by Gasteiger charge is 2.38. The van der Waals surface area contributed by atoms with Gasteiger partial charge in [0.1, 0.15) is 0 Å². The first-order chi connectivity index (χ1) is 7.39. The SMILES string of the molecule is Cn1ccc(-n2ncc(N)c2C(F)(F)F)n1. The molecule has 0 unspecified atom stereocenters. The second-order valence-electron chi connectivity index (χ2n) is 3.21. The van der Waals surface area contributed by atoms with Crippen molar-refractivity contribution in [3.05, 3.63) is 24.2 Å². The largest absolute Gasteiger partial charge is 0.435 e. The molecule has 0 amide bonds. The number of aryl methyl sites for hydroxylation is 1. The quantitative estimate of drug-likeness (QED) is 0.802. The molecule has 5 nitrogen and oxygen atoms in total. The van der Waals surface area contributed by atoms with Crippen LogP contribution in [-0.2, 0) is 13.2 Å². The van der Waals surface area contributed by atoms with E-state index in [1.807, 2.05) is 0 Å². The highest BCUT2D eigenvalue weighted by molar-refractivity contribution is 5.45. The van der Waals surface area contributed by atoms with Crippen molar-refractivity contribution in [3.63, 3.8) is 0 Å². The number of rotatable bonds is 1. The lowest BCUT2D eigenvalue weighted by atomic mass is 10.3. The minimum absolute atomic E-state index is 0.0755. The third-order valence-electron chi connectivity index (χ3n) is 1.98. The van der Waals surface area contributed by atoms with E-state index in [2.05, 4.69) is 10.2 Å². The Kier molecular flexibility index (Phi) is 2.14. The molecule has 0 bridgehead atoms. The highest BCUT2D eigenvalue weighted by atomic mass is 19.4. The first-order valence-electron chi connectivity index (χ1n) is 4.30. The second-order valence-corrected chi connectivity index (χ2v) is 3.21. The lowest BCUT2D eigenvalue weighted by Gasteiger charge is -2.08. The van der Waals surface area contributed by atoms with E-state index in [4.69, 9.17) is 5.73 Å². The van der Waals surface area contributed by atoms with Crippen LogP contribution in [0.5, 0.6) is 0 Å². The van der Waals surface area contributed by atoms with Gasteiger partial charge >= 0.3 is 6.18 Å². The first-order valence-corrected chi connectivity index (χ1v) is 4.30. The molecule has 86 valence electrons. The number of hydrogen-bond acceptors (Lipinski definition) is 3. The Labute approximate surface area is 88.3 Å². The Morgan fingerprint density at radius 1 is 1.38 bits per heavy atom. The molecule has 2 N–H and O–H groups in total. The van der Waals surface area contributed by atoms with E-state index in [-0.39, 0.29) is 5.82 Å². The summed E-state index contributed by atoms with van der Waals surface area (Å²) in [5, 5.41) is 7.39. The van der Waals surface area contributed by atoms with Crippen LogP contribution in [0.1, 0.15) is 5.69 Å². The second kappa shape index (κ2) is 3.26. The molecule has 0 radical (unpaired) electrons. The third-order valence-corrected chi connectivity index (χ3v) is 1.98. The Balaban J connectivity index is 2.58. The number of nitrogens with zero attached hydrogens (tertiary/aromatic N) is 4. The number of alkyl halides is 3. The minimum Gasteiger partial charge on any atom is -0.396 e. The van der Waals surface area contributed by atoms with Gasteiger partial charge in [0, 0.05) is 19.3 Å². The Morgan fingerprint density at radius 2 is 2.06 bits per heavy atom. The van der Waals surface area contributed by atoms with Gasteiger partial charge in [-0.1, -0.05) is 0 Å². The molecule has 16 heavy (non-hydrogen) atoms. The van der Waals surface area contributed by atoms with E-state index >= 15 is 0 Å². The standard InChI is InChI=1S/C8H8F3N5/c1-15-3-2-6(14-15)16-7(8(9,10)11)5(12)4-13-16/h2-4H,12H2,1H3. The van der Waals surface area contributed by atoms with Crippen LogP contribution in [-0.4, -0.2) is 19.6 Å². The summed E-state index contributed by atoms with van der Waals surface area (Å²) in [5.74, 6) is 0.0755. The van der Waals surface area contributed by atoms with Crippen molar-refractivity contribution < 1.29 is 13.2 Å². The van der Waals surface area contributed by atoms with Crippen LogP contribution < -0.4 is 5.73 Å². The van der Waals surface area contributed by atoms with Crippen molar-refractivity contribution in [1.82, 2.24) is 19.6 Å². The summed E-state index contributed by atoms with van der Waals surface area (Å²) in [5.41, 5.74) is 3.81. The third kappa shape index (κ3) is 1.62. The maximum atomic E-state index is 12.7. The number of aromatic nitrogens is 4. The smallest absolute Gasteiger partial charge is 0.396 e. The maximum absolute atomic E-state index is 12.7. The van der Waals surface area contributed by atoms with E-state index in [1.54, 1.807) is 7.05 Å². The number of anilines is 1. The molecule has 0 fully saturated rings. The lowest BCUT2D eigenvalue weighted by molar-refractivity contribution is -0.142. The van der Waals surface area contributed by atoms with E-state index in [1.165, 1.54) is 16.9 Å². The summed E-state index contributed by atoms with van der Waals surface area (Å²) in [6, 6.07) is 1.42. The summed E-state index contributed by atoms with van der Waals surface area (Å²) < 4.78 is 40.0. The zero-order valence-corrected chi connectivity index (χ0v) is 8.23. The van der Waals surface area contributed by atoms with Crippen LogP contribution in [0.3, 0.4) is 0 Å². The van der Waals surface area contributed by atoms with Gasteiger partial charge in [-0.2, -0.15) is 23.4 Å². The first kappa shape index (κ1) is 10.5. The summed E-state index contributed by atoms with van der Waals surface area (Å²) >= 11 is 0. The molecule has 2 aromatic rings. The molecule has 0 aliphatic heterocycles. The Bertz CT molecular complexity index is 510. The Hall–Kier alpha value is -1.99. The molecular weight excluding hydrogens is 223 g/mol. The molecular formula is C8H8F3N5. The normalized spacial score (nSPS) is 12.0. The van der Waals surface area contributed by atoms with Gasteiger partial charge in [-0.05, 0) is 0 Å². The van der Waals surface area contributed by atoms with Gasteiger partial charge in [-0.15, -0.1) is 0 Å². The maximum Gasteiger partial charge on any atom is 0.435 e. The lowest BCUT2D eigenvalue weighted by Crippen LogP contribution is -2.15. The molecule has 0 aliphatic carbocycles. The molecule has 2 aromatic heterocycles. The average molecular weight is 231 g/mol. The van der Waals surface area contributed by atoms with Crippen LogP contribution >= 0.6 is 0 Å². The van der Waals surface area contributed by atoms with Gasteiger partial charge < -0.3 is 5.73 Å². The minimum atomic E-state index is -4.56. The predicted molar refractivity (Wildman–Crippen MR) is 49.7 cm³/mol. The van der Waals surface area contributed by atoms with Gasteiger partial charge in [-0.25, -0.2) is 4.68 Å². The number of nitrogen functional groups attached to an aromatic ring is 1. The number of hydrogen-bond donors (Lipinski definition) is 1. The fraction of sp³-hybridized carbons (Fsp3) is 0.250. The molecule has 2 heterocycles. The summed E-state index contributed by atoms with van der Waals surface area (Å²) in [6.07, 6.45) is -2.08. The average Bonchev–Trinajstić information content (AvgIpc) is 2.70. The van der Waals surface area contributed by atoms with E-state index in [9.17, 15) is 13.2 Å². The van der Waals surface area contributed by atoms with Crippen molar-refractivity contribution in [2.75, 3.05) is 5.73 Å². The summed E-state index contributed by atoms with van der Waals surface area (Å²) in [4.78, 5) is 0. The molecule has 2 rings (SSSR count). The fourth-order valence-corrected chi connectivity index (χ4v) is 1.33. The van der Waals surface area contributed by atoms with E-state index in [0.717, 1.165) is 6.20 Å². The summed E-state index contributed by atoms with van der Waals surface area (Å²) in [6.45, 7) is 0. The van der Waals surface area contributed by atoms with E-state index in [0.29, 0.717) is 4.68 Å². The van der Waals surface area contributed by atoms with Crippen molar-refractivity contribution >= 4 is 5.69 Å². The van der Waals surface area contributed by atoms with Crippen LogP contribution in [0.2, 0.25) is 0 Å². The van der Waals surface area contributed by atoms with Gasteiger partial charge in [0.25, 0.3) is 0 Å². The highest BCUT2D eigenvalue weighted by Crippen LogP contribution is 2.34. The fourth-order valence-electron chi connectivity index (χ4n) is 1.33. The van der Waals surface area contributed by atoms with Gasteiger partial charge in [0.2, 0.25) is 0 Å².